The summed E-state index contributed by atoms with van der Waals surface area (Å²) in [5.41, 5.74) is 1.30. The summed E-state index contributed by atoms with van der Waals surface area (Å²) in [7, 11) is 2.95. The minimum atomic E-state index is -0.597. The van der Waals surface area contributed by atoms with Gasteiger partial charge in [0.15, 0.2) is 18.1 Å². The highest BCUT2D eigenvalue weighted by molar-refractivity contribution is 6.01. The summed E-state index contributed by atoms with van der Waals surface area (Å²) in [6, 6.07) is 14.1. The Kier molecular flexibility index (Phi) is 9.65. The lowest BCUT2D eigenvalue weighted by molar-refractivity contribution is -0.136. The van der Waals surface area contributed by atoms with Crippen molar-refractivity contribution in [1.29, 1.82) is 5.26 Å². The summed E-state index contributed by atoms with van der Waals surface area (Å²) in [6.07, 6.45) is 1.42. The lowest BCUT2D eigenvalue weighted by Crippen LogP contribution is -2.27. The number of amides is 1. The van der Waals surface area contributed by atoms with Crippen LogP contribution in [0.25, 0.3) is 6.08 Å². The maximum Gasteiger partial charge on any atom is 0.349 e. The summed E-state index contributed by atoms with van der Waals surface area (Å²) in [5.74, 6) is -0.0239. The third-order valence-corrected chi connectivity index (χ3v) is 4.72. The number of nitrogens with one attached hydrogen (secondary N) is 1. The molecule has 0 aliphatic rings. The van der Waals surface area contributed by atoms with E-state index >= 15 is 0 Å². The summed E-state index contributed by atoms with van der Waals surface area (Å²) in [6.45, 7) is 6.54. The average molecular weight is 467 g/mol. The van der Waals surface area contributed by atoms with Crippen LogP contribution in [0.5, 0.6) is 17.2 Å². The highest BCUT2D eigenvalue weighted by atomic mass is 16.6. The number of para-hydroxylation sites is 1. The zero-order chi connectivity index (χ0) is 25.1. The van der Waals surface area contributed by atoms with E-state index in [0.29, 0.717) is 17.9 Å². The Hall–Kier alpha value is -3.83. The zero-order valence-electron chi connectivity index (χ0n) is 20.1. The molecule has 0 aromatic heterocycles. The second kappa shape index (κ2) is 12.4. The Labute approximate surface area is 200 Å². The Morgan fingerprint density at radius 3 is 2.44 bits per heavy atom. The monoisotopic (exact) mass is 466 g/mol. The largest absolute Gasteiger partial charge is 0.493 e. The molecule has 0 saturated carbocycles. The van der Waals surface area contributed by atoms with Crippen LogP contribution in [0, 0.1) is 11.3 Å². The van der Waals surface area contributed by atoms with Crippen LogP contribution in [0.15, 0.2) is 48.0 Å². The second-order valence-electron chi connectivity index (χ2n) is 8.34. The van der Waals surface area contributed by atoms with Crippen molar-refractivity contribution in [2.45, 2.75) is 26.2 Å². The molecule has 0 aliphatic carbocycles. The fourth-order valence-corrected chi connectivity index (χ4v) is 3.04. The zero-order valence-corrected chi connectivity index (χ0v) is 20.1. The topological polar surface area (TPSA) is 107 Å². The summed E-state index contributed by atoms with van der Waals surface area (Å²) in [5, 5.41) is 11.9. The molecule has 180 valence electrons. The van der Waals surface area contributed by atoms with E-state index in [1.54, 1.807) is 12.1 Å². The van der Waals surface area contributed by atoms with E-state index in [1.807, 2.05) is 30.3 Å². The Morgan fingerprint density at radius 1 is 1.06 bits per heavy atom. The molecule has 0 atom stereocenters. The SMILES string of the molecule is COCCNC(=O)/C(C#N)=C/c1ccc(OC(=O)COc2ccccc2C(C)(C)C)c(OC)c1. The number of hydrogen-bond acceptors (Lipinski definition) is 7. The molecule has 1 amide bonds. The Bertz CT molecular complexity index is 1080. The first kappa shape index (κ1) is 26.4. The van der Waals surface area contributed by atoms with Crippen molar-refractivity contribution >= 4 is 18.0 Å². The molecule has 0 saturated heterocycles. The molecule has 0 aliphatic heterocycles. The van der Waals surface area contributed by atoms with Crippen molar-refractivity contribution in [3.63, 3.8) is 0 Å². The molecule has 0 fully saturated rings. The number of carbonyl (C=O) groups is 2. The van der Waals surface area contributed by atoms with Gasteiger partial charge in [-0.3, -0.25) is 4.79 Å². The lowest BCUT2D eigenvalue weighted by Gasteiger charge is -2.22. The van der Waals surface area contributed by atoms with Crippen LogP contribution in [0.1, 0.15) is 31.9 Å². The van der Waals surface area contributed by atoms with Gasteiger partial charge in [-0.2, -0.15) is 5.26 Å². The van der Waals surface area contributed by atoms with Gasteiger partial charge in [0.1, 0.15) is 17.4 Å². The van der Waals surface area contributed by atoms with E-state index in [4.69, 9.17) is 18.9 Å². The lowest BCUT2D eigenvalue weighted by atomic mass is 9.86. The van der Waals surface area contributed by atoms with E-state index in [9.17, 15) is 14.9 Å². The molecule has 2 rings (SSSR count). The van der Waals surface area contributed by atoms with Crippen molar-refractivity contribution in [2.75, 3.05) is 34.0 Å². The molecule has 0 bridgehead atoms. The van der Waals surface area contributed by atoms with Crippen LogP contribution in [-0.2, 0) is 19.7 Å². The number of nitrogens with zero attached hydrogens (tertiary/aromatic N) is 1. The Morgan fingerprint density at radius 2 is 1.79 bits per heavy atom. The molecule has 2 aromatic rings. The van der Waals surface area contributed by atoms with E-state index in [1.165, 1.54) is 26.4 Å². The number of hydrogen-bond donors (Lipinski definition) is 1. The molecule has 2 aromatic carbocycles. The maximum atomic E-state index is 12.4. The molecule has 8 heteroatoms. The fraction of sp³-hybridized carbons (Fsp3) is 0.346. The predicted molar refractivity (Wildman–Crippen MR) is 128 cm³/mol. The summed E-state index contributed by atoms with van der Waals surface area (Å²) in [4.78, 5) is 24.5. The highest BCUT2D eigenvalue weighted by Gasteiger charge is 2.19. The van der Waals surface area contributed by atoms with Gasteiger partial charge in [-0.25, -0.2) is 4.79 Å². The van der Waals surface area contributed by atoms with Crippen molar-refractivity contribution in [2.24, 2.45) is 0 Å². The van der Waals surface area contributed by atoms with Crippen molar-refractivity contribution in [3.8, 4) is 23.3 Å². The highest BCUT2D eigenvalue weighted by Crippen LogP contribution is 2.32. The van der Waals surface area contributed by atoms with Gasteiger partial charge in [-0.1, -0.05) is 45.0 Å². The predicted octanol–water partition coefficient (Wildman–Crippen LogP) is 3.65. The minimum Gasteiger partial charge on any atom is -0.493 e. The molecule has 0 radical (unpaired) electrons. The van der Waals surface area contributed by atoms with Crippen molar-refractivity contribution in [1.82, 2.24) is 5.32 Å². The maximum absolute atomic E-state index is 12.4. The van der Waals surface area contributed by atoms with Gasteiger partial charge >= 0.3 is 5.97 Å². The number of carbonyl (C=O) groups excluding carboxylic acids is 2. The van der Waals surface area contributed by atoms with Crippen molar-refractivity contribution < 1.29 is 28.5 Å². The van der Waals surface area contributed by atoms with E-state index in [-0.39, 0.29) is 35.6 Å². The summed E-state index contributed by atoms with van der Waals surface area (Å²) >= 11 is 0. The number of ether oxygens (including phenoxy) is 4. The smallest absolute Gasteiger partial charge is 0.349 e. The summed E-state index contributed by atoms with van der Waals surface area (Å²) < 4.78 is 21.3. The minimum absolute atomic E-state index is 0.0752. The van der Waals surface area contributed by atoms with Gasteiger partial charge in [0, 0.05) is 13.7 Å². The number of methoxy groups -OCH3 is 2. The van der Waals surface area contributed by atoms with Gasteiger partial charge < -0.3 is 24.3 Å². The Balaban J connectivity index is 2.09. The van der Waals surface area contributed by atoms with Crippen molar-refractivity contribution in [3.05, 3.63) is 59.2 Å². The molecular formula is C26H30N2O6. The van der Waals surface area contributed by atoms with Gasteiger partial charge in [0.25, 0.3) is 5.91 Å². The third-order valence-electron chi connectivity index (χ3n) is 4.72. The fourth-order valence-electron chi connectivity index (χ4n) is 3.04. The van der Waals surface area contributed by atoms with Gasteiger partial charge in [0.05, 0.1) is 13.7 Å². The second-order valence-corrected chi connectivity index (χ2v) is 8.34. The first-order chi connectivity index (χ1) is 16.2. The number of nitriles is 1. The molecule has 0 heterocycles. The standard InChI is InChI=1S/C26H30N2O6/c1-26(2,3)20-8-6-7-9-21(20)33-17-24(29)34-22-11-10-18(15-23(22)32-5)14-19(16-27)25(30)28-12-13-31-4/h6-11,14-15H,12-13,17H2,1-5H3,(H,28,30)/b19-14+. The average Bonchev–Trinajstić information content (AvgIpc) is 2.81. The molecule has 0 unspecified atom stereocenters. The van der Waals surface area contributed by atoms with E-state index < -0.39 is 11.9 Å². The van der Waals surface area contributed by atoms with E-state index in [2.05, 4.69) is 26.1 Å². The van der Waals surface area contributed by atoms with E-state index in [0.717, 1.165) is 5.56 Å². The molecule has 1 N–H and O–H groups in total. The quantitative estimate of drug-likeness (QED) is 0.187. The van der Waals surface area contributed by atoms with Gasteiger partial charge in [0.2, 0.25) is 0 Å². The van der Waals surface area contributed by atoms with Crippen LogP contribution < -0.4 is 19.5 Å². The first-order valence-electron chi connectivity index (χ1n) is 10.7. The molecule has 8 nitrogen and oxygen atoms in total. The number of rotatable bonds is 10. The van der Waals surface area contributed by atoms with Gasteiger partial charge in [-0.15, -0.1) is 0 Å². The van der Waals surface area contributed by atoms with Crippen LogP contribution in [-0.4, -0.2) is 45.9 Å². The van der Waals surface area contributed by atoms with Crippen LogP contribution in [0.3, 0.4) is 0 Å². The third kappa shape index (κ3) is 7.64. The van der Waals surface area contributed by atoms with Crippen LogP contribution in [0.2, 0.25) is 0 Å². The normalized spacial score (nSPS) is 11.4. The molecule has 34 heavy (non-hydrogen) atoms. The number of esters is 1. The van der Waals surface area contributed by atoms with Crippen LogP contribution in [0.4, 0.5) is 0 Å². The molecular weight excluding hydrogens is 436 g/mol. The van der Waals surface area contributed by atoms with Crippen LogP contribution >= 0.6 is 0 Å². The molecule has 0 spiro atoms. The number of benzene rings is 2. The first-order valence-corrected chi connectivity index (χ1v) is 10.7. The van der Waals surface area contributed by atoms with Gasteiger partial charge in [-0.05, 0) is 40.8 Å².